The number of carbonyl (C=O) groups excluding carboxylic acids is 3. The van der Waals surface area contributed by atoms with Crippen molar-refractivity contribution in [3.63, 3.8) is 0 Å². The third-order valence-electron chi connectivity index (χ3n) is 5.31. The van der Waals surface area contributed by atoms with Crippen LogP contribution in [0.3, 0.4) is 0 Å². The maximum Gasteiger partial charge on any atom is 0.325 e. The van der Waals surface area contributed by atoms with Crippen LogP contribution in [0.5, 0.6) is 5.75 Å². The van der Waals surface area contributed by atoms with Crippen LogP contribution in [0.2, 0.25) is 0 Å². The number of hydrogen-bond acceptors (Lipinski definition) is 4. The molecule has 7 heteroatoms. The lowest BCUT2D eigenvalue weighted by Gasteiger charge is -2.26. The largest absolute Gasteiger partial charge is 0.497 e. The van der Waals surface area contributed by atoms with Gasteiger partial charge in [-0.05, 0) is 37.0 Å². The van der Waals surface area contributed by atoms with E-state index in [-0.39, 0.29) is 18.5 Å². The molecule has 2 N–H and O–H groups in total. The summed E-state index contributed by atoms with van der Waals surface area (Å²) in [5, 5.41) is 5.70. The number of hydrogen-bond donors (Lipinski definition) is 2. The highest BCUT2D eigenvalue weighted by atomic mass is 16.5. The number of methoxy groups -OCH3 is 1. The molecule has 0 aromatic heterocycles. The van der Waals surface area contributed by atoms with Crippen LogP contribution in [0.15, 0.2) is 24.3 Å². The molecule has 0 unspecified atom stereocenters. The van der Waals surface area contributed by atoms with Crippen LogP contribution in [0.25, 0.3) is 0 Å². The van der Waals surface area contributed by atoms with Gasteiger partial charge in [-0.2, -0.15) is 0 Å². The maximum atomic E-state index is 13.0. The zero-order valence-electron chi connectivity index (χ0n) is 15.2. The third-order valence-corrected chi connectivity index (χ3v) is 5.31. The van der Waals surface area contributed by atoms with Gasteiger partial charge in [0.2, 0.25) is 5.91 Å². The van der Waals surface area contributed by atoms with Gasteiger partial charge >= 0.3 is 6.03 Å². The number of nitrogens with one attached hydrogen (secondary N) is 2. The van der Waals surface area contributed by atoms with Gasteiger partial charge in [-0.15, -0.1) is 0 Å². The zero-order chi connectivity index (χ0) is 18.7. The Labute approximate surface area is 153 Å². The number of imide groups is 1. The van der Waals surface area contributed by atoms with E-state index >= 15 is 0 Å². The van der Waals surface area contributed by atoms with E-state index in [1.165, 1.54) is 0 Å². The van der Waals surface area contributed by atoms with Gasteiger partial charge < -0.3 is 15.4 Å². The smallest absolute Gasteiger partial charge is 0.325 e. The number of carbonyl (C=O) groups is 3. The first-order chi connectivity index (χ1) is 12.5. The van der Waals surface area contributed by atoms with Crippen molar-refractivity contribution in [1.29, 1.82) is 0 Å². The number of nitrogens with zero attached hydrogens (tertiary/aromatic N) is 1. The molecule has 1 aliphatic heterocycles. The SMILES string of the molecule is CC[C@]1(c2ccc(OC)cc2)NC(=O)N(CC(=O)NC2CCCC2)C1=O. The van der Waals surface area contributed by atoms with Crippen LogP contribution < -0.4 is 15.4 Å². The van der Waals surface area contributed by atoms with Gasteiger partial charge in [-0.3, -0.25) is 14.5 Å². The standard InChI is InChI=1S/C19H25N3O4/c1-3-19(13-8-10-15(26-2)11-9-13)17(24)22(18(25)21-19)12-16(23)20-14-6-4-5-7-14/h8-11,14H,3-7,12H2,1-2H3,(H,20,23)(H,21,25)/t19-/m1/s1. The van der Waals surface area contributed by atoms with E-state index in [0.29, 0.717) is 17.7 Å². The number of ether oxygens (including phenoxy) is 1. The Balaban J connectivity index is 1.75. The molecule has 1 saturated carbocycles. The van der Waals surface area contributed by atoms with Gasteiger partial charge in [0.1, 0.15) is 17.8 Å². The van der Waals surface area contributed by atoms with Crippen LogP contribution in [-0.2, 0) is 15.1 Å². The Morgan fingerprint density at radius 1 is 1.27 bits per heavy atom. The van der Waals surface area contributed by atoms with E-state index in [4.69, 9.17) is 4.74 Å². The van der Waals surface area contributed by atoms with E-state index in [0.717, 1.165) is 30.6 Å². The normalized spacial score (nSPS) is 23.2. The predicted molar refractivity (Wildman–Crippen MR) is 95.6 cm³/mol. The van der Waals surface area contributed by atoms with Gasteiger partial charge in [0.25, 0.3) is 5.91 Å². The van der Waals surface area contributed by atoms with Crippen LogP contribution >= 0.6 is 0 Å². The lowest BCUT2D eigenvalue weighted by Crippen LogP contribution is -2.45. The van der Waals surface area contributed by atoms with Crippen LogP contribution in [0.4, 0.5) is 4.79 Å². The highest BCUT2D eigenvalue weighted by Gasteiger charge is 2.51. The van der Waals surface area contributed by atoms with Crippen molar-refractivity contribution in [2.24, 2.45) is 0 Å². The Hall–Kier alpha value is -2.57. The maximum absolute atomic E-state index is 13.0. The van der Waals surface area contributed by atoms with Crippen molar-refractivity contribution in [2.75, 3.05) is 13.7 Å². The fraction of sp³-hybridized carbons (Fsp3) is 0.526. The molecular weight excluding hydrogens is 334 g/mol. The summed E-state index contributed by atoms with van der Waals surface area (Å²) >= 11 is 0. The average Bonchev–Trinajstić information content (AvgIpc) is 3.24. The first-order valence-electron chi connectivity index (χ1n) is 9.08. The molecule has 7 nitrogen and oxygen atoms in total. The molecule has 1 saturated heterocycles. The summed E-state index contributed by atoms with van der Waals surface area (Å²) in [7, 11) is 1.57. The van der Waals surface area contributed by atoms with Gasteiger partial charge in [-0.1, -0.05) is 31.9 Å². The van der Waals surface area contributed by atoms with Gasteiger partial charge in [-0.25, -0.2) is 4.79 Å². The molecule has 0 bridgehead atoms. The monoisotopic (exact) mass is 359 g/mol. The van der Waals surface area contributed by atoms with Crippen LogP contribution in [0.1, 0.15) is 44.6 Å². The highest BCUT2D eigenvalue weighted by molar-refractivity contribution is 6.09. The first kappa shape index (κ1) is 18.2. The summed E-state index contributed by atoms with van der Waals surface area (Å²) in [6, 6.07) is 6.66. The molecule has 3 rings (SSSR count). The molecule has 1 atom stereocenters. The Morgan fingerprint density at radius 2 is 1.92 bits per heavy atom. The molecule has 26 heavy (non-hydrogen) atoms. The molecule has 140 valence electrons. The lowest BCUT2D eigenvalue weighted by atomic mass is 9.87. The van der Waals surface area contributed by atoms with Gasteiger partial charge in [0, 0.05) is 6.04 Å². The summed E-state index contributed by atoms with van der Waals surface area (Å²) in [5.74, 6) is -0.0108. The minimum Gasteiger partial charge on any atom is -0.497 e. The van der Waals surface area contributed by atoms with Crippen molar-refractivity contribution < 1.29 is 19.1 Å². The molecule has 1 heterocycles. The molecule has 1 aromatic carbocycles. The molecule has 2 aliphatic rings. The number of urea groups is 1. The van der Waals surface area contributed by atoms with E-state index in [1.807, 2.05) is 6.92 Å². The summed E-state index contributed by atoms with van der Waals surface area (Å²) in [6.07, 6.45) is 4.51. The second-order valence-corrected chi connectivity index (χ2v) is 6.86. The molecule has 2 fully saturated rings. The van der Waals surface area contributed by atoms with Crippen molar-refractivity contribution in [2.45, 2.75) is 50.6 Å². The fourth-order valence-electron chi connectivity index (χ4n) is 3.77. The Morgan fingerprint density at radius 3 is 2.50 bits per heavy atom. The highest BCUT2D eigenvalue weighted by Crippen LogP contribution is 2.33. The van der Waals surface area contributed by atoms with Crippen molar-refractivity contribution in [3.05, 3.63) is 29.8 Å². The molecule has 1 aliphatic carbocycles. The molecule has 1 aromatic rings. The Kier molecular flexibility index (Phi) is 5.15. The second-order valence-electron chi connectivity index (χ2n) is 6.86. The quantitative estimate of drug-likeness (QED) is 0.760. The zero-order valence-corrected chi connectivity index (χ0v) is 15.2. The van der Waals surface area contributed by atoms with Crippen LogP contribution in [-0.4, -0.2) is 42.4 Å². The van der Waals surface area contributed by atoms with E-state index < -0.39 is 17.5 Å². The lowest BCUT2D eigenvalue weighted by molar-refractivity contribution is -0.135. The fourth-order valence-corrected chi connectivity index (χ4v) is 3.77. The minimum absolute atomic E-state index is 0.154. The summed E-state index contributed by atoms with van der Waals surface area (Å²) in [4.78, 5) is 38.7. The van der Waals surface area contributed by atoms with Gasteiger partial charge in [0.05, 0.1) is 7.11 Å². The molecule has 4 amide bonds. The molecule has 0 radical (unpaired) electrons. The molecule has 0 spiro atoms. The third kappa shape index (κ3) is 3.25. The number of amides is 4. The van der Waals surface area contributed by atoms with E-state index in [9.17, 15) is 14.4 Å². The number of benzene rings is 1. The van der Waals surface area contributed by atoms with Crippen LogP contribution in [0, 0.1) is 0 Å². The number of rotatable bonds is 6. The average molecular weight is 359 g/mol. The van der Waals surface area contributed by atoms with E-state index in [2.05, 4.69) is 10.6 Å². The van der Waals surface area contributed by atoms with Crippen molar-refractivity contribution in [1.82, 2.24) is 15.5 Å². The van der Waals surface area contributed by atoms with Gasteiger partial charge in [0.15, 0.2) is 0 Å². The van der Waals surface area contributed by atoms with E-state index in [1.54, 1.807) is 31.4 Å². The van der Waals surface area contributed by atoms with Crippen molar-refractivity contribution in [3.8, 4) is 5.75 Å². The second kappa shape index (κ2) is 7.35. The molecular formula is C19H25N3O4. The Bertz CT molecular complexity index is 697. The first-order valence-corrected chi connectivity index (χ1v) is 9.08. The predicted octanol–water partition coefficient (Wildman–Crippen LogP) is 1.91. The van der Waals surface area contributed by atoms with Crippen molar-refractivity contribution >= 4 is 17.8 Å². The topological polar surface area (TPSA) is 87.7 Å². The minimum atomic E-state index is -1.14. The summed E-state index contributed by atoms with van der Waals surface area (Å²) in [5.41, 5.74) is -0.463. The summed E-state index contributed by atoms with van der Waals surface area (Å²) in [6.45, 7) is 1.59. The summed E-state index contributed by atoms with van der Waals surface area (Å²) < 4.78 is 5.15.